The van der Waals surface area contributed by atoms with E-state index in [4.69, 9.17) is 0 Å². The molecule has 0 radical (unpaired) electrons. The van der Waals surface area contributed by atoms with Crippen LogP contribution in [-0.4, -0.2) is 25.6 Å². The van der Waals surface area contributed by atoms with Gasteiger partial charge in [0.05, 0.1) is 0 Å². The summed E-state index contributed by atoms with van der Waals surface area (Å²) in [6, 6.07) is 0. The van der Waals surface area contributed by atoms with Crippen LogP contribution in [0.3, 0.4) is 0 Å². The number of aromatic nitrogens is 1. The predicted molar refractivity (Wildman–Crippen MR) is 72.7 cm³/mol. The molecule has 0 amide bonds. The maximum atomic E-state index is 4.35. The molecule has 92 valence electrons. The third-order valence-corrected chi connectivity index (χ3v) is 4.05. The van der Waals surface area contributed by atoms with E-state index in [9.17, 15) is 0 Å². The molecule has 16 heavy (non-hydrogen) atoms. The van der Waals surface area contributed by atoms with Crippen LogP contribution < -0.4 is 10.2 Å². The Kier molecular flexibility index (Phi) is 5.52. The number of anilines is 1. The summed E-state index contributed by atoms with van der Waals surface area (Å²) in [6.45, 7) is 2.15. The number of rotatable bonds is 5. The Balaban J connectivity index is 0.00000128. The van der Waals surface area contributed by atoms with Crippen molar-refractivity contribution in [3.05, 3.63) is 11.1 Å². The smallest absolute Gasteiger partial charge is 0.185 e. The second-order valence-electron chi connectivity index (χ2n) is 4.43. The van der Waals surface area contributed by atoms with Crippen molar-refractivity contribution in [3.63, 3.8) is 0 Å². The van der Waals surface area contributed by atoms with Crippen LogP contribution in [0, 0.1) is 5.92 Å². The Hall–Kier alpha value is -0.320. The van der Waals surface area contributed by atoms with Gasteiger partial charge in [0.2, 0.25) is 0 Å². The maximum absolute atomic E-state index is 4.35. The zero-order valence-electron chi connectivity index (χ0n) is 9.90. The van der Waals surface area contributed by atoms with E-state index in [1.165, 1.54) is 30.7 Å². The molecular weight excluding hydrogens is 242 g/mol. The van der Waals surface area contributed by atoms with Gasteiger partial charge in [0, 0.05) is 31.7 Å². The van der Waals surface area contributed by atoms with Crippen molar-refractivity contribution in [1.82, 2.24) is 10.3 Å². The van der Waals surface area contributed by atoms with Gasteiger partial charge in [-0.3, -0.25) is 0 Å². The van der Waals surface area contributed by atoms with Crippen molar-refractivity contribution in [2.24, 2.45) is 5.92 Å². The predicted octanol–water partition coefficient (Wildman–Crippen LogP) is 2.52. The van der Waals surface area contributed by atoms with E-state index in [-0.39, 0.29) is 12.4 Å². The molecule has 1 aromatic heterocycles. The molecule has 0 spiro atoms. The number of thiazole rings is 1. The molecular formula is C11H20ClN3S. The number of nitrogens with zero attached hydrogens (tertiary/aromatic N) is 2. The van der Waals surface area contributed by atoms with Gasteiger partial charge in [0.25, 0.3) is 0 Å². The van der Waals surface area contributed by atoms with Crippen LogP contribution in [0.15, 0.2) is 6.20 Å². The molecule has 1 fully saturated rings. The van der Waals surface area contributed by atoms with Crippen LogP contribution in [0.25, 0.3) is 0 Å². The van der Waals surface area contributed by atoms with Crippen LogP contribution in [0.4, 0.5) is 5.13 Å². The highest BCUT2D eigenvalue weighted by Gasteiger charge is 2.16. The lowest BCUT2D eigenvalue weighted by molar-refractivity contribution is 0.301. The standard InChI is InChI=1S/C11H19N3S.ClH/c1-14(2)11-13-8-10(15-11)7-12-6-9-4-3-5-9;/h8-9,12H,3-7H2,1-2H3;1H. The van der Waals surface area contributed by atoms with Gasteiger partial charge in [-0.2, -0.15) is 0 Å². The molecule has 1 aliphatic rings. The van der Waals surface area contributed by atoms with Crippen molar-refractivity contribution in [2.45, 2.75) is 25.8 Å². The molecule has 0 atom stereocenters. The molecule has 0 unspecified atom stereocenters. The average Bonchev–Trinajstić information content (AvgIpc) is 2.57. The summed E-state index contributed by atoms with van der Waals surface area (Å²) < 4.78 is 0. The largest absolute Gasteiger partial charge is 0.354 e. The summed E-state index contributed by atoms with van der Waals surface area (Å²) in [4.78, 5) is 7.74. The second kappa shape index (κ2) is 6.42. The van der Waals surface area contributed by atoms with Crippen molar-refractivity contribution >= 4 is 28.9 Å². The third kappa shape index (κ3) is 3.61. The van der Waals surface area contributed by atoms with Crippen molar-refractivity contribution in [1.29, 1.82) is 0 Å². The first kappa shape index (κ1) is 13.7. The van der Waals surface area contributed by atoms with Crippen molar-refractivity contribution in [3.8, 4) is 0 Å². The Morgan fingerprint density at radius 3 is 2.75 bits per heavy atom. The molecule has 2 rings (SSSR count). The van der Waals surface area contributed by atoms with Gasteiger partial charge in [0.15, 0.2) is 5.13 Å². The number of hydrogen-bond acceptors (Lipinski definition) is 4. The highest BCUT2D eigenvalue weighted by molar-refractivity contribution is 7.15. The van der Waals surface area contributed by atoms with E-state index in [2.05, 4.69) is 15.2 Å². The van der Waals surface area contributed by atoms with Crippen LogP contribution in [0.5, 0.6) is 0 Å². The minimum Gasteiger partial charge on any atom is -0.354 e. The lowest BCUT2D eigenvalue weighted by atomic mass is 9.85. The van der Waals surface area contributed by atoms with E-state index < -0.39 is 0 Å². The lowest BCUT2D eigenvalue weighted by Crippen LogP contribution is -2.26. The van der Waals surface area contributed by atoms with E-state index >= 15 is 0 Å². The first-order chi connectivity index (χ1) is 7.25. The SMILES string of the molecule is CN(C)c1ncc(CNCC2CCC2)s1.Cl. The average molecular weight is 262 g/mol. The first-order valence-corrected chi connectivity index (χ1v) is 6.40. The monoisotopic (exact) mass is 261 g/mol. The highest BCUT2D eigenvalue weighted by Crippen LogP contribution is 2.25. The number of nitrogens with one attached hydrogen (secondary N) is 1. The molecule has 0 bridgehead atoms. The third-order valence-electron chi connectivity index (χ3n) is 2.88. The molecule has 0 saturated heterocycles. The van der Waals surface area contributed by atoms with Crippen molar-refractivity contribution < 1.29 is 0 Å². The highest BCUT2D eigenvalue weighted by atomic mass is 35.5. The molecule has 5 heteroatoms. The lowest BCUT2D eigenvalue weighted by Gasteiger charge is -2.25. The zero-order chi connectivity index (χ0) is 10.7. The second-order valence-corrected chi connectivity index (χ2v) is 5.53. The Morgan fingerprint density at radius 1 is 1.50 bits per heavy atom. The quantitative estimate of drug-likeness (QED) is 0.883. The number of halogens is 1. The molecule has 1 heterocycles. The van der Waals surface area contributed by atoms with Crippen LogP contribution in [0.2, 0.25) is 0 Å². The van der Waals surface area contributed by atoms with E-state index in [1.807, 2.05) is 20.3 Å². The minimum absolute atomic E-state index is 0. The van der Waals surface area contributed by atoms with Crippen LogP contribution in [0.1, 0.15) is 24.1 Å². The fourth-order valence-electron chi connectivity index (χ4n) is 1.68. The summed E-state index contributed by atoms with van der Waals surface area (Å²) in [5.41, 5.74) is 0. The molecule has 1 N–H and O–H groups in total. The summed E-state index contributed by atoms with van der Waals surface area (Å²) in [5.74, 6) is 0.936. The van der Waals surface area contributed by atoms with Gasteiger partial charge in [-0.05, 0) is 25.3 Å². The number of hydrogen-bond donors (Lipinski definition) is 1. The van der Waals surface area contributed by atoms with E-state index in [0.29, 0.717) is 0 Å². The Bertz CT molecular complexity index is 310. The zero-order valence-corrected chi connectivity index (χ0v) is 11.5. The van der Waals surface area contributed by atoms with Crippen LogP contribution >= 0.6 is 23.7 Å². The van der Waals surface area contributed by atoms with Gasteiger partial charge < -0.3 is 10.2 Å². The molecule has 0 aromatic carbocycles. The molecule has 1 aliphatic carbocycles. The molecule has 0 aliphatic heterocycles. The Labute approximate surface area is 108 Å². The summed E-state index contributed by atoms with van der Waals surface area (Å²) in [5, 5.41) is 4.60. The summed E-state index contributed by atoms with van der Waals surface area (Å²) >= 11 is 1.77. The maximum Gasteiger partial charge on any atom is 0.185 e. The molecule has 1 aromatic rings. The molecule has 3 nitrogen and oxygen atoms in total. The van der Waals surface area contributed by atoms with Gasteiger partial charge in [-0.1, -0.05) is 6.42 Å². The van der Waals surface area contributed by atoms with E-state index in [1.54, 1.807) is 11.3 Å². The fraction of sp³-hybridized carbons (Fsp3) is 0.727. The van der Waals surface area contributed by atoms with Gasteiger partial charge in [0.1, 0.15) is 0 Å². The normalized spacial score (nSPS) is 15.4. The summed E-state index contributed by atoms with van der Waals surface area (Å²) in [7, 11) is 4.06. The Morgan fingerprint density at radius 2 is 2.25 bits per heavy atom. The minimum atomic E-state index is 0. The van der Waals surface area contributed by atoms with Crippen molar-refractivity contribution in [2.75, 3.05) is 25.5 Å². The van der Waals surface area contributed by atoms with Crippen LogP contribution in [-0.2, 0) is 6.54 Å². The van der Waals surface area contributed by atoms with Gasteiger partial charge in [-0.25, -0.2) is 4.98 Å². The summed E-state index contributed by atoms with van der Waals surface area (Å²) in [6.07, 6.45) is 6.24. The first-order valence-electron chi connectivity index (χ1n) is 5.58. The van der Waals surface area contributed by atoms with Gasteiger partial charge in [-0.15, -0.1) is 23.7 Å². The fourth-order valence-corrected chi connectivity index (χ4v) is 2.48. The topological polar surface area (TPSA) is 28.2 Å². The van der Waals surface area contributed by atoms with E-state index in [0.717, 1.165) is 17.6 Å². The van der Waals surface area contributed by atoms with Gasteiger partial charge >= 0.3 is 0 Å². The molecule has 1 saturated carbocycles.